The molecule has 0 bridgehead atoms. The molecule has 2 nitrogen and oxygen atoms in total. The Morgan fingerprint density at radius 2 is 1.74 bits per heavy atom. The topological polar surface area (TPSA) is 28.7 Å². The van der Waals surface area contributed by atoms with Gasteiger partial charge in [0.15, 0.2) is 0 Å². The lowest BCUT2D eigenvalue weighted by atomic mass is 10.2. The van der Waals surface area contributed by atoms with E-state index in [4.69, 9.17) is 23.2 Å². The SMILES string of the molecule is Fc1ccc(F)c(-c2nc3cc(Cl)c(Cl)cc3[nH]2)c1. The third-order valence-electron chi connectivity index (χ3n) is 2.71. The number of hydrogen-bond acceptors (Lipinski definition) is 1. The predicted octanol–water partition coefficient (Wildman–Crippen LogP) is 4.81. The second-order valence-corrected chi connectivity index (χ2v) is 4.81. The second-order valence-electron chi connectivity index (χ2n) is 3.99. The molecule has 0 radical (unpaired) electrons. The summed E-state index contributed by atoms with van der Waals surface area (Å²) in [5.41, 5.74) is 1.20. The summed E-state index contributed by atoms with van der Waals surface area (Å²) in [5.74, 6) is -0.865. The first-order valence-corrected chi connectivity index (χ1v) is 6.10. The van der Waals surface area contributed by atoms with E-state index >= 15 is 0 Å². The molecule has 19 heavy (non-hydrogen) atoms. The number of rotatable bonds is 1. The molecule has 0 fully saturated rings. The lowest BCUT2D eigenvalue weighted by Gasteiger charge is -1.98. The summed E-state index contributed by atoms with van der Waals surface area (Å²) in [6.45, 7) is 0. The van der Waals surface area contributed by atoms with Gasteiger partial charge in [0, 0.05) is 0 Å². The molecule has 3 aromatic rings. The normalized spacial score (nSPS) is 11.2. The first kappa shape index (κ1) is 12.4. The quantitative estimate of drug-likeness (QED) is 0.686. The van der Waals surface area contributed by atoms with Crippen molar-refractivity contribution in [2.45, 2.75) is 0 Å². The number of hydrogen-bond donors (Lipinski definition) is 1. The fraction of sp³-hybridized carbons (Fsp3) is 0. The number of nitrogens with one attached hydrogen (secondary N) is 1. The van der Waals surface area contributed by atoms with Crippen molar-refractivity contribution in [3.63, 3.8) is 0 Å². The summed E-state index contributed by atoms with van der Waals surface area (Å²) in [6, 6.07) is 6.34. The number of imidazole rings is 1. The van der Waals surface area contributed by atoms with Gasteiger partial charge in [0.25, 0.3) is 0 Å². The monoisotopic (exact) mass is 298 g/mol. The van der Waals surface area contributed by atoms with Crippen molar-refractivity contribution in [1.29, 1.82) is 0 Å². The molecule has 0 saturated heterocycles. The lowest BCUT2D eigenvalue weighted by Crippen LogP contribution is -1.87. The molecule has 1 heterocycles. The molecular weight excluding hydrogens is 293 g/mol. The van der Waals surface area contributed by atoms with Gasteiger partial charge in [0.2, 0.25) is 0 Å². The Morgan fingerprint density at radius 1 is 1.00 bits per heavy atom. The second kappa shape index (κ2) is 4.47. The van der Waals surface area contributed by atoms with Crippen molar-refractivity contribution in [2.75, 3.05) is 0 Å². The Morgan fingerprint density at radius 3 is 2.53 bits per heavy atom. The molecule has 0 atom stereocenters. The molecule has 0 aliphatic carbocycles. The van der Waals surface area contributed by atoms with Crippen LogP contribution >= 0.6 is 23.2 Å². The van der Waals surface area contributed by atoms with Crippen molar-refractivity contribution in [2.24, 2.45) is 0 Å². The molecular formula is C13H6Cl2F2N2. The summed E-state index contributed by atoms with van der Waals surface area (Å²) < 4.78 is 26.8. The zero-order valence-electron chi connectivity index (χ0n) is 9.35. The molecule has 3 rings (SSSR count). The van der Waals surface area contributed by atoms with Crippen LogP contribution in [0.5, 0.6) is 0 Å². The highest BCUT2D eigenvalue weighted by Gasteiger charge is 2.12. The highest BCUT2D eigenvalue weighted by Crippen LogP contribution is 2.29. The minimum atomic E-state index is -0.558. The number of halogens is 4. The molecule has 0 aliphatic rings. The van der Waals surface area contributed by atoms with E-state index in [0.29, 0.717) is 21.1 Å². The van der Waals surface area contributed by atoms with Crippen LogP contribution < -0.4 is 0 Å². The van der Waals surface area contributed by atoms with Crippen molar-refractivity contribution in [1.82, 2.24) is 9.97 Å². The van der Waals surface area contributed by atoms with Gasteiger partial charge < -0.3 is 4.98 Å². The summed E-state index contributed by atoms with van der Waals surface area (Å²) in [7, 11) is 0. The number of H-pyrrole nitrogens is 1. The van der Waals surface area contributed by atoms with Crippen LogP contribution in [0.1, 0.15) is 0 Å². The van der Waals surface area contributed by atoms with Crippen LogP contribution in [0.2, 0.25) is 10.0 Å². The lowest BCUT2D eigenvalue weighted by molar-refractivity contribution is 0.602. The highest BCUT2D eigenvalue weighted by atomic mass is 35.5. The predicted molar refractivity (Wildman–Crippen MR) is 71.5 cm³/mol. The van der Waals surface area contributed by atoms with E-state index in [0.717, 1.165) is 18.2 Å². The van der Waals surface area contributed by atoms with Crippen LogP contribution in [-0.4, -0.2) is 9.97 Å². The first-order valence-electron chi connectivity index (χ1n) is 5.35. The third-order valence-corrected chi connectivity index (χ3v) is 3.43. The van der Waals surface area contributed by atoms with E-state index in [-0.39, 0.29) is 11.4 Å². The van der Waals surface area contributed by atoms with Crippen molar-refractivity contribution in [3.8, 4) is 11.4 Å². The van der Waals surface area contributed by atoms with Crippen LogP contribution in [0.25, 0.3) is 22.4 Å². The van der Waals surface area contributed by atoms with Gasteiger partial charge in [-0.15, -0.1) is 0 Å². The van der Waals surface area contributed by atoms with E-state index in [2.05, 4.69) is 9.97 Å². The molecule has 0 amide bonds. The van der Waals surface area contributed by atoms with Gasteiger partial charge in [-0.25, -0.2) is 13.8 Å². The Bertz CT molecular complexity index is 745. The van der Waals surface area contributed by atoms with E-state index in [9.17, 15) is 8.78 Å². The van der Waals surface area contributed by atoms with Crippen molar-refractivity contribution >= 4 is 34.2 Å². The van der Waals surface area contributed by atoms with E-state index in [1.165, 1.54) is 0 Å². The highest BCUT2D eigenvalue weighted by molar-refractivity contribution is 6.42. The Kier molecular flexibility index (Phi) is 2.92. The zero-order valence-corrected chi connectivity index (χ0v) is 10.9. The average Bonchev–Trinajstić information content (AvgIpc) is 2.75. The molecule has 1 N–H and O–H groups in total. The zero-order chi connectivity index (χ0) is 13.6. The van der Waals surface area contributed by atoms with Crippen LogP contribution in [0, 0.1) is 11.6 Å². The van der Waals surface area contributed by atoms with Gasteiger partial charge in [0.05, 0.1) is 26.6 Å². The number of benzene rings is 2. The number of nitrogens with zero attached hydrogens (tertiary/aromatic N) is 1. The number of aromatic amines is 1. The van der Waals surface area contributed by atoms with Crippen LogP contribution in [0.3, 0.4) is 0 Å². The van der Waals surface area contributed by atoms with Gasteiger partial charge in [-0.2, -0.15) is 0 Å². The summed E-state index contributed by atoms with van der Waals surface area (Å²) in [4.78, 5) is 7.07. The fourth-order valence-electron chi connectivity index (χ4n) is 1.81. The third kappa shape index (κ3) is 2.17. The maximum Gasteiger partial charge on any atom is 0.141 e. The Labute approximate surface area is 117 Å². The van der Waals surface area contributed by atoms with Crippen molar-refractivity contribution in [3.05, 3.63) is 52.0 Å². The minimum absolute atomic E-state index is 0.0587. The van der Waals surface area contributed by atoms with E-state index < -0.39 is 11.6 Å². The Balaban J connectivity index is 2.23. The number of aromatic nitrogens is 2. The molecule has 0 spiro atoms. The van der Waals surface area contributed by atoms with Crippen LogP contribution in [0.15, 0.2) is 30.3 Å². The van der Waals surface area contributed by atoms with Gasteiger partial charge in [-0.05, 0) is 30.3 Å². The summed E-state index contributed by atoms with van der Waals surface area (Å²) in [5, 5.41) is 0.719. The maximum absolute atomic E-state index is 13.7. The Hall–Kier alpha value is -1.65. The van der Waals surface area contributed by atoms with Gasteiger partial charge >= 0.3 is 0 Å². The maximum atomic E-state index is 13.7. The smallest absolute Gasteiger partial charge is 0.141 e. The first-order chi connectivity index (χ1) is 9.04. The molecule has 0 aliphatic heterocycles. The van der Waals surface area contributed by atoms with E-state index in [1.54, 1.807) is 12.1 Å². The molecule has 6 heteroatoms. The molecule has 2 aromatic carbocycles. The fourth-order valence-corrected chi connectivity index (χ4v) is 2.13. The molecule has 96 valence electrons. The van der Waals surface area contributed by atoms with Crippen LogP contribution in [0.4, 0.5) is 8.78 Å². The van der Waals surface area contributed by atoms with Gasteiger partial charge in [-0.3, -0.25) is 0 Å². The van der Waals surface area contributed by atoms with Gasteiger partial charge in [0.1, 0.15) is 17.5 Å². The molecule has 0 saturated carbocycles. The molecule has 0 unspecified atom stereocenters. The minimum Gasteiger partial charge on any atom is -0.338 e. The molecule has 1 aromatic heterocycles. The summed E-state index contributed by atoms with van der Waals surface area (Å²) in [6.07, 6.45) is 0. The van der Waals surface area contributed by atoms with E-state index in [1.807, 2.05) is 0 Å². The largest absolute Gasteiger partial charge is 0.338 e. The summed E-state index contributed by atoms with van der Waals surface area (Å²) >= 11 is 11.8. The van der Waals surface area contributed by atoms with Gasteiger partial charge in [-0.1, -0.05) is 23.2 Å². The standard InChI is InChI=1S/C13H6Cl2F2N2/c14-8-4-11-12(5-9(8)15)19-13(18-11)7-3-6(16)1-2-10(7)17/h1-5H,(H,18,19). The number of fused-ring (bicyclic) bond motifs is 1. The van der Waals surface area contributed by atoms with Crippen LogP contribution in [-0.2, 0) is 0 Å². The average molecular weight is 299 g/mol. The van der Waals surface area contributed by atoms with Crippen molar-refractivity contribution < 1.29 is 8.78 Å².